The van der Waals surface area contributed by atoms with Crippen LogP contribution in [0.3, 0.4) is 0 Å². The number of hydrogen-bond donors (Lipinski definition) is 2. The third kappa shape index (κ3) is 4.33. The van der Waals surface area contributed by atoms with Gasteiger partial charge in [-0.25, -0.2) is 0 Å². The van der Waals surface area contributed by atoms with Gasteiger partial charge >= 0.3 is 0 Å². The van der Waals surface area contributed by atoms with Crippen molar-refractivity contribution in [3.05, 3.63) is 70.7 Å². The highest BCUT2D eigenvalue weighted by atomic mass is 35.5. The summed E-state index contributed by atoms with van der Waals surface area (Å²) in [5, 5.41) is 6.82. The minimum Gasteiger partial charge on any atom is -0.345 e. The molecule has 3 nitrogen and oxygen atoms in total. The molecule has 0 saturated heterocycles. The van der Waals surface area contributed by atoms with Gasteiger partial charge in [-0.05, 0) is 30.3 Å². The van der Waals surface area contributed by atoms with Crippen molar-refractivity contribution in [1.82, 2.24) is 10.6 Å². The molecule has 2 N–H and O–H groups in total. The van der Waals surface area contributed by atoms with Gasteiger partial charge in [0.15, 0.2) is 0 Å². The molecule has 0 bridgehead atoms. The van der Waals surface area contributed by atoms with Gasteiger partial charge in [-0.1, -0.05) is 61.0 Å². The molecule has 22 heavy (non-hydrogen) atoms. The normalized spacial score (nSPS) is 13.4. The Morgan fingerprint density at radius 3 is 2.41 bits per heavy atom. The van der Waals surface area contributed by atoms with E-state index in [0.717, 1.165) is 11.1 Å². The second-order valence-corrected chi connectivity index (χ2v) is 5.80. The zero-order valence-electron chi connectivity index (χ0n) is 12.8. The standard InChI is InChI=1S/C18H21ClN2O/c1-13(12-20-2)18(22)21-17(14-7-4-3-5-8-14)15-9-6-10-16(19)11-15/h3-11,13,17,20H,12H2,1-2H3,(H,21,22). The van der Waals surface area contributed by atoms with E-state index in [9.17, 15) is 4.79 Å². The maximum Gasteiger partial charge on any atom is 0.224 e. The summed E-state index contributed by atoms with van der Waals surface area (Å²) in [5.74, 6) is -0.0847. The van der Waals surface area contributed by atoms with E-state index in [2.05, 4.69) is 10.6 Å². The number of amides is 1. The fourth-order valence-corrected chi connectivity index (χ4v) is 2.57. The summed E-state index contributed by atoms with van der Waals surface area (Å²) in [6.07, 6.45) is 0. The molecule has 0 aromatic heterocycles. The average molecular weight is 317 g/mol. The molecule has 0 aliphatic rings. The van der Waals surface area contributed by atoms with E-state index >= 15 is 0 Å². The quantitative estimate of drug-likeness (QED) is 0.857. The molecule has 2 rings (SSSR count). The first-order valence-electron chi connectivity index (χ1n) is 7.37. The first-order valence-corrected chi connectivity index (χ1v) is 7.75. The van der Waals surface area contributed by atoms with Crippen molar-refractivity contribution in [2.24, 2.45) is 5.92 Å². The van der Waals surface area contributed by atoms with Gasteiger partial charge in [0.2, 0.25) is 5.91 Å². The van der Waals surface area contributed by atoms with Gasteiger partial charge < -0.3 is 10.6 Å². The van der Waals surface area contributed by atoms with E-state index in [0.29, 0.717) is 11.6 Å². The smallest absolute Gasteiger partial charge is 0.224 e. The van der Waals surface area contributed by atoms with Crippen LogP contribution >= 0.6 is 11.6 Å². The van der Waals surface area contributed by atoms with Crippen molar-refractivity contribution in [3.8, 4) is 0 Å². The van der Waals surface area contributed by atoms with Crippen LogP contribution in [0.2, 0.25) is 5.02 Å². The Bertz CT molecular complexity index is 615. The summed E-state index contributed by atoms with van der Waals surface area (Å²) in [7, 11) is 1.84. The summed E-state index contributed by atoms with van der Waals surface area (Å²) in [6.45, 7) is 2.55. The van der Waals surface area contributed by atoms with Crippen LogP contribution in [0.1, 0.15) is 24.1 Å². The molecule has 0 aliphatic carbocycles. The zero-order valence-corrected chi connectivity index (χ0v) is 13.6. The highest BCUT2D eigenvalue weighted by molar-refractivity contribution is 6.30. The molecule has 116 valence electrons. The van der Waals surface area contributed by atoms with Crippen LogP contribution in [0.25, 0.3) is 0 Å². The molecule has 0 saturated carbocycles. The fraction of sp³-hybridized carbons (Fsp3) is 0.278. The molecule has 1 amide bonds. The van der Waals surface area contributed by atoms with Crippen LogP contribution in [-0.2, 0) is 4.79 Å². The molecular weight excluding hydrogens is 296 g/mol. The lowest BCUT2D eigenvalue weighted by Gasteiger charge is -2.22. The Morgan fingerprint density at radius 2 is 1.77 bits per heavy atom. The van der Waals surface area contributed by atoms with Crippen LogP contribution in [0.5, 0.6) is 0 Å². The highest BCUT2D eigenvalue weighted by Crippen LogP contribution is 2.24. The van der Waals surface area contributed by atoms with Crippen molar-refractivity contribution in [1.29, 1.82) is 0 Å². The van der Waals surface area contributed by atoms with E-state index in [1.807, 2.05) is 68.6 Å². The van der Waals surface area contributed by atoms with Crippen LogP contribution < -0.4 is 10.6 Å². The lowest BCUT2D eigenvalue weighted by molar-refractivity contribution is -0.124. The highest BCUT2D eigenvalue weighted by Gasteiger charge is 2.20. The zero-order chi connectivity index (χ0) is 15.9. The van der Waals surface area contributed by atoms with Crippen molar-refractivity contribution in [2.45, 2.75) is 13.0 Å². The average Bonchev–Trinajstić information content (AvgIpc) is 2.53. The minimum absolute atomic E-state index is 0.0168. The molecule has 0 fully saturated rings. The molecule has 2 unspecified atom stereocenters. The van der Waals surface area contributed by atoms with Gasteiger partial charge in [0.05, 0.1) is 6.04 Å². The topological polar surface area (TPSA) is 41.1 Å². The first kappa shape index (κ1) is 16.5. The van der Waals surface area contributed by atoms with Crippen LogP contribution in [0.4, 0.5) is 0 Å². The summed E-state index contributed by atoms with van der Waals surface area (Å²) >= 11 is 6.10. The molecule has 0 spiro atoms. The molecule has 2 aromatic rings. The lowest BCUT2D eigenvalue weighted by Crippen LogP contribution is -2.37. The second kappa shape index (κ2) is 7.97. The number of benzene rings is 2. The predicted octanol–water partition coefficient (Wildman–Crippen LogP) is 3.40. The Labute approximate surface area is 136 Å². The Morgan fingerprint density at radius 1 is 1.09 bits per heavy atom. The van der Waals surface area contributed by atoms with E-state index in [1.54, 1.807) is 0 Å². The number of rotatable bonds is 6. The monoisotopic (exact) mass is 316 g/mol. The maximum absolute atomic E-state index is 12.4. The maximum atomic E-state index is 12.4. The number of hydrogen-bond acceptors (Lipinski definition) is 2. The number of carbonyl (C=O) groups is 1. The number of carbonyl (C=O) groups excluding carboxylic acids is 1. The summed E-state index contributed by atoms with van der Waals surface area (Å²) < 4.78 is 0. The molecule has 2 atom stereocenters. The lowest BCUT2D eigenvalue weighted by atomic mass is 9.98. The van der Waals surface area contributed by atoms with E-state index in [1.165, 1.54) is 0 Å². The largest absolute Gasteiger partial charge is 0.345 e. The number of halogens is 1. The SMILES string of the molecule is CNCC(C)C(=O)NC(c1ccccc1)c1cccc(Cl)c1. The molecule has 2 aromatic carbocycles. The molecule has 4 heteroatoms. The molecule has 0 radical (unpaired) electrons. The Hall–Kier alpha value is -1.84. The van der Waals surface area contributed by atoms with Gasteiger partial charge in [0, 0.05) is 17.5 Å². The predicted molar refractivity (Wildman–Crippen MR) is 91.0 cm³/mol. The molecule has 0 aliphatic heterocycles. The Balaban J connectivity index is 2.29. The van der Waals surface area contributed by atoms with Crippen molar-refractivity contribution < 1.29 is 4.79 Å². The van der Waals surface area contributed by atoms with Gasteiger partial charge in [-0.3, -0.25) is 4.79 Å². The van der Waals surface area contributed by atoms with Crippen molar-refractivity contribution in [2.75, 3.05) is 13.6 Å². The van der Waals surface area contributed by atoms with Gasteiger partial charge in [-0.15, -0.1) is 0 Å². The fourth-order valence-electron chi connectivity index (χ4n) is 2.37. The Kier molecular flexibility index (Phi) is 5.99. The third-order valence-electron chi connectivity index (χ3n) is 3.56. The van der Waals surface area contributed by atoms with E-state index < -0.39 is 0 Å². The van der Waals surface area contributed by atoms with Crippen molar-refractivity contribution in [3.63, 3.8) is 0 Å². The van der Waals surface area contributed by atoms with Crippen molar-refractivity contribution >= 4 is 17.5 Å². The van der Waals surface area contributed by atoms with Gasteiger partial charge in [0.25, 0.3) is 0 Å². The third-order valence-corrected chi connectivity index (χ3v) is 3.79. The molecule has 0 heterocycles. The summed E-state index contributed by atoms with van der Waals surface area (Å²) in [6, 6.07) is 17.3. The van der Waals surface area contributed by atoms with Gasteiger partial charge in [-0.2, -0.15) is 0 Å². The summed E-state index contributed by atoms with van der Waals surface area (Å²) in [4.78, 5) is 12.4. The first-order chi connectivity index (χ1) is 10.6. The molecular formula is C18H21ClN2O. The minimum atomic E-state index is -0.202. The second-order valence-electron chi connectivity index (χ2n) is 5.37. The van der Waals surface area contributed by atoms with Crippen LogP contribution in [-0.4, -0.2) is 19.5 Å². The number of nitrogens with one attached hydrogen (secondary N) is 2. The van der Waals surface area contributed by atoms with E-state index in [-0.39, 0.29) is 17.9 Å². The van der Waals surface area contributed by atoms with Gasteiger partial charge in [0.1, 0.15) is 0 Å². The summed E-state index contributed by atoms with van der Waals surface area (Å²) in [5.41, 5.74) is 2.01. The van der Waals surface area contributed by atoms with Crippen LogP contribution in [0, 0.1) is 5.92 Å². The van der Waals surface area contributed by atoms with Crippen LogP contribution in [0.15, 0.2) is 54.6 Å². The van der Waals surface area contributed by atoms with E-state index in [4.69, 9.17) is 11.6 Å².